The van der Waals surface area contributed by atoms with E-state index in [2.05, 4.69) is 224 Å². The highest BCUT2D eigenvalue weighted by Crippen LogP contribution is 2.54. The van der Waals surface area contributed by atoms with Crippen LogP contribution in [0.5, 0.6) is 0 Å². The summed E-state index contributed by atoms with van der Waals surface area (Å²) in [5.41, 5.74) is 20.9. The lowest BCUT2D eigenvalue weighted by molar-refractivity contribution is 0.630. The topological polar surface area (TPSA) is 27.1 Å². The van der Waals surface area contributed by atoms with Crippen LogP contribution < -0.4 is 0 Å². The van der Waals surface area contributed by atoms with Crippen LogP contribution in [0.15, 0.2) is 290 Å². The average molecular weight is 1100 g/mol. The van der Waals surface area contributed by atoms with Crippen molar-refractivity contribution in [2.75, 3.05) is 0 Å². The molecule has 0 atom stereocenters. The Morgan fingerprint density at radius 1 is 0.365 bits per heavy atom. The van der Waals surface area contributed by atoms with Gasteiger partial charge < -0.3 is 13.6 Å². The first-order chi connectivity index (χ1) is 41.8. The number of aliphatic imine (C=N–C) groups is 1. The number of rotatable bonds is 11. The maximum Gasteiger partial charge on any atom is 0.678 e. The van der Waals surface area contributed by atoms with Crippen LogP contribution in [0.25, 0.3) is 105 Å². The zero-order valence-electron chi connectivity index (χ0n) is 47.2. The maximum atomic E-state index is 17.9. The quantitative estimate of drug-likeness (QED) is 0.115. The van der Waals surface area contributed by atoms with Crippen molar-refractivity contribution in [1.29, 1.82) is 0 Å². The first-order valence-electron chi connectivity index (χ1n) is 28.9. The molecule has 0 fully saturated rings. The Bertz CT molecular complexity index is 4990. The summed E-state index contributed by atoms with van der Waals surface area (Å²) in [4.78, 5) is 6.02. The summed E-state index contributed by atoms with van der Waals surface area (Å²) < 4.78 is 41.8. The van der Waals surface area contributed by atoms with E-state index in [1.54, 1.807) is 0 Å². The van der Waals surface area contributed by atoms with Crippen LogP contribution in [-0.2, 0) is 0 Å². The van der Waals surface area contributed by atoms with Crippen LogP contribution >= 0.6 is 0 Å². The largest absolute Gasteiger partial charge is 0.678 e. The second-order valence-electron chi connectivity index (χ2n) is 22.1. The van der Waals surface area contributed by atoms with Crippen molar-refractivity contribution in [1.82, 2.24) is 13.6 Å². The van der Waals surface area contributed by atoms with E-state index in [1.165, 1.54) is 4.48 Å². The van der Waals surface area contributed by atoms with Gasteiger partial charge in [0.1, 0.15) is 0 Å². The van der Waals surface area contributed by atoms with Gasteiger partial charge in [0.05, 0.1) is 39.2 Å². The Morgan fingerprint density at radius 2 is 0.788 bits per heavy atom. The molecule has 85 heavy (non-hydrogen) atoms. The molecule has 4 heterocycles. The molecule has 3 aromatic heterocycles. The molecular weight excluding hydrogens is 1040 g/mol. The van der Waals surface area contributed by atoms with Gasteiger partial charge in [0, 0.05) is 72.0 Å². The number of hydrogen-bond acceptors (Lipinski definition) is 1. The third-order valence-electron chi connectivity index (χ3n) is 16.9. The maximum absolute atomic E-state index is 17.9. The van der Waals surface area contributed by atoms with Crippen molar-refractivity contribution in [3.8, 4) is 44.9 Å². The minimum absolute atomic E-state index is 0.370. The lowest BCUT2D eigenvalue weighted by atomic mass is 9.83. The number of para-hydroxylation sites is 4. The van der Waals surface area contributed by atoms with E-state index in [0.29, 0.717) is 39.3 Å². The van der Waals surface area contributed by atoms with Crippen molar-refractivity contribution >= 4 is 73.4 Å². The molecule has 14 aromatic rings. The SMILES string of the molecule is Cc1cc(C)c(/C(=C2/N=C(c3ccccc3)C(c3ccc4c5ccccc5n(-c5ccccc5)c4c3)=C2c2ccccc2)c2c(-c3ccccc3)c(-c3ccc4c5ccccc5n(-c5ccccc5)c4c3)c(-c3ccccc3)n2B(F)F)c(C)c1. The molecule has 4 nitrogen and oxygen atoms in total. The molecular formula is C78H55BF2N4. The summed E-state index contributed by atoms with van der Waals surface area (Å²) in [7, 11) is -3.02. The lowest BCUT2D eigenvalue weighted by Gasteiger charge is -2.22. The molecule has 404 valence electrons. The van der Waals surface area contributed by atoms with Crippen molar-refractivity contribution in [3.63, 3.8) is 0 Å². The molecule has 0 saturated heterocycles. The normalized spacial score (nSPS) is 13.2. The number of hydrogen-bond donors (Lipinski definition) is 0. The van der Waals surface area contributed by atoms with Gasteiger partial charge in [-0.25, -0.2) is 4.99 Å². The molecule has 0 unspecified atom stereocenters. The van der Waals surface area contributed by atoms with E-state index in [1.807, 2.05) is 84.9 Å². The first-order valence-corrected chi connectivity index (χ1v) is 28.9. The van der Waals surface area contributed by atoms with Crippen LogP contribution in [0.2, 0.25) is 0 Å². The molecule has 0 aliphatic carbocycles. The van der Waals surface area contributed by atoms with E-state index in [9.17, 15) is 0 Å². The predicted molar refractivity (Wildman–Crippen MR) is 352 cm³/mol. The molecule has 1 aliphatic heterocycles. The molecule has 0 bridgehead atoms. The average Bonchev–Trinajstić information content (AvgIpc) is 1.66. The summed E-state index contributed by atoms with van der Waals surface area (Å²) in [5, 5.41) is 4.43. The van der Waals surface area contributed by atoms with Crippen LogP contribution in [-0.4, -0.2) is 26.7 Å². The first kappa shape index (κ1) is 51.3. The summed E-state index contributed by atoms with van der Waals surface area (Å²) in [6, 6.07) is 96.2. The highest BCUT2D eigenvalue weighted by atomic mass is 19.2. The van der Waals surface area contributed by atoms with E-state index in [4.69, 9.17) is 4.99 Å². The number of aryl methyl sites for hydroxylation is 3. The lowest BCUT2D eigenvalue weighted by Crippen LogP contribution is -2.19. The predicted octanol–water partition coefficient (Wildman–Crippen LogP) is 20.3. The van der Waals surface area contributed by atoms with Gasteiger partial charge in [-0.2, -0.15) is 0 Å². The zero-order valence-corrected chi connectivity index (χ0v) is 47.2. The van der Waals surface area contributed by atoms with Gasteiger partial charge in [-0.1, -0.05) is 236 Å². The molecule has 0 amide bonds. The summed E-state index contributed by atoms with van der Waals surface area (Å²) in [6.45, 7) is 6.33. The van der Waals surface area contributed by atoms with Gasteiger partial charge >= 0.3 is 7.40 Å². The Balaban J connectivity index is 1.15. The second kappa shape index (κ2) is 21.0. The molecule has 1 aliphatic rings. The van der Waals surface area contributed by atoms with E-state index in [0.717, 1.165) is 122 Å². The monoisotopic (exact) mass is 1100 g/mol. The Hall–Kier alpha value is -10.6. The fourth-order valence-corrected chi connectivity index (χ4v) is 13.6. The van der Waals surface area contributed by atoms with E-state index in [-0.39, 0.29) is 0 Å². The zero-order chi connectivity index (χ0) is 57.3. The van der Waals surface area contributed by atoms with Gasteiger partial charge in [-0.05, 0) is 114 Å². The van der Waals surface area contributed by atoms with Crippen LogP contribution in [0, 0.1) is 20.8 Å². The molecule has 11 aromatic carbocycles. The highest BCUT2D eigenvalue weighted by molar-refractivity contribution is 6.44. The minimum Gasteiger partial charge on any atom is -0.324 e. The van der Waals surface area contributed by atoms with E-state index < -0.39 is 7.40 Å². The fraction of sp³-hybridized carbons (Fsp3) is 0.0385. The van der Waals surface area contributed by atoms with Gasteiger partial charge in [0.15, 0.2) is 0 Å². The Morgan fingerprint density at radius 3 is 1.31 bits per heavy atom. The minimum atomic E-state index is -3.02. The number of halogens is 2. The van der Waals surface area contributed by atoms with Crippen molar-refractivity contribution < 1.29 is 8.63 Å². The van der Waals surface area contributed by atoms with Crippen molar-refractivity contribution in [2.45, 2.75) is 20.8 Å². The molecule has 0 spiro atoms. The number of fused-ring (bicyclic) bond motifs is 6. The molecule has 0 N–H and O–H groups in total. The molecule has 7 heteroatoms. The van der Waals surface area contributed by atoms with Crippen LogP contribution in [0.1, 0.15) is 44.6 Å². The summed E-state index contributed by atoms with van der Waals surface area (Å²) in [6.07, 6.45) is 0. The highest BCUT2D eigenvalue weighted by Gasteiger charge is 2.40. The molecule has 0 saturated carbocycles. The van der Waals surface area contributed by atoms with Gasteiger partial charge in [-0.15, -0.1) is 0 Å². The summed E-state index contributed by atoms with van der Waals surface area (Å²) >= 11 is 0. The van der Waals surface area contributed by atoms with Gasteiger partial charge in [0.25, 0.3) is 0 Å². The molecule has 0 radical (unpaired) electrons. The van der Waals surface area contributed by atoms with Crippen LogP contribution in [0.3, 0.4) is 0 Å². The standard InChI is InChI=1S/C78H55BF2N4/c1-50-46-51(2)69(52(3)47-50)74(76-70(53-26-10-4-11-27-53)71(75(82-76)55-30-14-6-15-31-55)57-42-44-63-61-38-22-24-40-65(61)83(67(63)48-57)59-34-18-8-19-35-59)78-72(54-28-12-5-13-29-54)73(77(85(78)79(80)81)56-32-16-7-17-33-56)58-43-45-64-62-39-23-25-41-66(62)84(68(64)49-58)60-36-20-9-21-37-60/h4-49H,1-3H3/b76-74-. The van der Waals surface area contributed by atoms with Crippen molar-refractivity contribution in [2.24, 2.45) is 4.99 Å². The number of benzene rings is 11. The smallest absolute Gasteiger partial charge is 0.324 e. The van der Waals surface area contributed by atoms with Crippen LogP contribution in [0.4, 0.5) is 8.63 Å². The van der Waals surface area contributed by atoms with Gasteiger partial charge in [0.2, 0.25) is 0 Å². The third kappa shape index (κ3) is 8.53. The van der Waals surface area contributed by atoms with E-state index >= 15 is 8.63 Å². The van der Waals surface area contributed by atoms with Crippen molar-refractivity contribution in [3.05, 3.63) is 329 Å². The number of nitrogens with zero attached hydrogens (tertiary/aromatic N) is 4. The summed E-state index contributed by atoms with van der Waals surface area (Å²) in [5.74, 6) is 0. The third-order valence-corrected chi connectivity index (χ3v) is 16.9. The number of aromatic nitrogens is 3. The number of allylic oxidation sites excluding steroid dienone is 2. The van der Waals surface area contributed by atoms with Gasteiger partial charge in [-0.3, -0.25) is 8.63 Å². The Labute approximate surface area is 493 Å². The fourth-order valence-electron chi connectivity index (χ4n) is 13.6. The Kier molecular flexibility index (Phi) is 12.7. The second-order valence-corrected chi connectivity index (χ2v) is 22.1. The molecule has 15 rings (SSSR count).